The third-order valence-corrected chi connectivity index (χ3v) is 5.48. The summed E-state index contributed by atoms with van der Waals surface area (Å²) in [4.78, 5) is 8.89. The highest BCUT2D eigenvalue weighted by atomic mass is 19.4. The fourth-order valence-electron chi connectivity index (χ4n) is 3.43. The number of aryl methyl sites for hydroxylation is 1. The molecule has 0 atom stereocenters. The molecule has 0 saturated carbocycles. The molecule has 1 aliphatic heterocycles. The van der Waals surface area contributed by atoms with E-state index in [2.05, 4.69) is 27.3 Å². The lowest BCUT2D eigenvalue weighted by molar-refractivity contribution is -0.137. The van der Waals surface area contributed by atoms with Gasteiger partial charge in [0.25, 0.3) is 0 Å². The number of hydrogen-bond donors (Lipinski definition) is 1. The van der Waals surface area contributed by atoms with Gasteiger partial charge in [0.1, 0.15) is 12.4 Å². The summed E-state index contributed by atoms with van der Waals surface area (Å²) in [5, 5.41) is 11.7. The van der Waals surface area contributed by atoms with Crippen molar-refractivity contribution in [3.8, 4) is 0 Å². The van der Waals surface area contributed by atoms with Crippen LogP contribution in [0.1, 0.15) is 37.0 Å². The van der Waals surface area contributed by atoms with Gasteiger partial charge in [0, 0.05) is 45.5 Å². The molecule has 3 rings (SSSR count). The minimum atomic E-state index is -4.33. The third-order valence-electron chi connectivity index (χ3n) is 5.48. The van der Waals surface area contributed by atoms with Crippen molar-refractivity contribution in [1.29, 1.82) is 0 Å². The number of guanidine groups is 1. The minimum Gasteiger partial charge on any atom is -0.368 e. The number of unbranched alkanes of at least 4 members (excludes halogenated alkanes) is 1. The fraction of sp³-hybridized carbons (Fsp3) is 0.571. The standard InChI is InChI=1S/C21H30F3N7/c1-4-5-9-25-20(26-15-19-28-27-16(2)29(19)3)31-12-10-30(11-13-31)18-8-6-7-17(14-18)21(22,23)24/h6-8,14H,4-5,9-13,15H2,1-3H3,(H,25,26). The zero-order valence-corrected chi connectivity index (χ0v) is 18.3. The largest absolute Gasteiger partial charge is 0.416 e. The first-order valence-corrected chi connectivity index (χ1v) is 10.6. The average Bonchev–Trinajstić information content (AvgIpc) is 3.08. The zero-order valence-electron chi connectivity index (χ0n) is 18.3. The van der Waals surface area contributed by atoms with E-state index in [9.17, 15) is 13.2 Å². The first-order chi connectivity index (χ1) is 14.8. The van der Waals surface area contributed by atoms with Crippen LogP contribution in [0.15, 0.2) is 29.3 Å². The van der Waals surface area contributed by atoms with Gasteiger partial charge in [0.15, 0.2) is 11.8 Å². The molecule has 1 N–H and O–H groups in total. The normalized spacial score (nSPS) is 15.5. The summed E-state index contributed by atoms with van der Waals surface area (Å²) in [5.74, 6) is 2.42. The van der Waals surface area contributed by atoms with Crippen molar-refractivity contribution in [2.45, 2.75) is 39.4 Å². The number of anilines is 1. The van der Waals surface area contributed by atoms with Gasteiger partial charge in [0.05, 0.1) is 5.56 Å². The van der Waals surface area contributed by atoms with Crippen LogP contribution in [0.25, 0.3) is 0 Å². The molecule has 2 heterocycles. The number of halogens is 3. The van der Waals surface area contributed by atoms with Crippen molar-refractivity contribution >= 4 is 11.6 Å². The molecule has 0 radical (unpaired) electrons. The van der Waals surface area contributed by atoms with Crippen LogP contribution in [-0.2, 0) is 19.8 Å². The van der Waals surface area contributed by atoms with E-state index >= 15 is 0 Å². The van der Waals surface area contributed by atoms with Gasteiger partial charge in [-0.25, -0.2) is 4.99 Å². The Morgan fingerprint density at radius 2 is 1.90 bits per heavy atom. The second-order valence-corrected chi connectivity index (χ2v) is 7.66. The van der Waals surface area contributed by atoms with E-state index < -0.39 is 11.7 Å². The molecule has 1 aromatic carbocycles. The predicted molar refractivity (Wildman–Crippen MR) is 115 cm³/mol. The smallest absolute Gasteiger partial charge is 0.368 e. The molecule has 2 aromatic rings. The molecule has 0 bridgehead atoms. The van der Waals surface area contributed by atoms with Crippen molar-refractivity contribution in [2.24, 2.45) is 12.0 Å². The highest BCUT2D eigenvalue weighted by Crippen LogP contribution is 2.31. The van der Waals surface area contributed by atoms with Crippen LogP contribution in [0.2, 0.25) is 0 Å². The summed E-state index contributed by atoms with van der Waals surface area (Å²) in [7, 11) is 1.91. The van der Waals surface area contributed by atoms with Crippen LogP contribution in [0.3, 0.4) is 0 Å². The summed E-state index contributed by atoms with van der Waals surface area (Å²) in [6.07, 6.45) is -2.22. The second kappa shape index (κ2) is 10.0. The number of nitrogens with zero attached hydrogens (tertiary/aromatic N) is 6. The number of aliphatic imine (C=N–C) groups is 1. The molecule has 1 saturated heterocycles. The van der Waals surface area contributed by atoms with Crippen LogP contribution in [0, 0.1) is 6.92 Å². The SMILES string of the molecule is CCCCNC(=NCc1nnc(C)n1C)N1CCN(c2cccc(C(F)(F)F)c2)CC1. The maximum Gasteiger partial charge on any atom is 0.416 e. The number of piperazine rings is 1. The van der Waals surface area contributed by atoms with E-state index in [4.69, 9.17) is 4.99 Å². The molecule has 0 aliphatic carbocycles. The van der Waals surface area contributed by atoms with E-state index in [0.717, 1.165) is 43.1 Å². The maximum absolute atomic E-state index is 13.0. The summed E-state index contributed by atoms with van der Waals surface area (Å²) in [6, 6.07) is 5.53. The summed E-state index contributed by atoms with van der Waals surface area (Å²) >= 11 is 0. The topological polar surface area (TPSA) is 61.6 Å². The van der Waals surface area contributed by atoms with Crippen molar-refractivity contribution in [2.75, 3.05) is 37.6 Å². The number of aromatic nitrogens is 3. The maximum atomic E-state index is 13.0. The van der Waals surface area contributed by atoms with Crippen molar-refractivity contribution < 1.29 is 13.2 Å². The lowest BCUT2D eigenvalue weighted by Crippen LogP contribution is -2.52. The predicted octanol–water partition coefficient (Wildman–Crippen LogP) is 3.21. The van der Waals surface area contributed by atoms with Gasteiger partial charge >= 0.3 is 6.18 Å². The molecule has 1 aromatic heterocycles. The first kappa shape index (κ1) is 22.9. The van der Waals surface area contributed by atoms with Crippen molar-refractivity contribution in [1.82, 2.24) is 25.0 Å². The van der Waals surface area contributed by atoms with Gasteiger partial charge in [-0.2, -0.15) is 13.2 Å². The highest BCUT2D eigenvalue weighted by Gasteiger charge is 2.31. The Labute approximate surface area is 181 Å². The van der Waals surface area contributed by atoms with E-state index in [1.54, 1.807) is 6.07 Å². The molecular formula is C21H30F3N7. The van der Waals surface area contributed by atoms with Crippen LogP contribution < -0.4 is 10.2 Å². The Morgan fingerprint density at radius 3 is 2.52 bits per heavy atom. The van der Waals surface area contributed by atoms with Gasteiger partial charge in [-0.05, 0) is 31.5 Å². The minimum absolute atomic E-state index is 0.416. The molecule has 0 spiro atoms. The molecule has 10 heteroatoms. The van der Waals surface area contributed by atoms with Crippen LogP contribution in [0.4, 0.5) is 18.9 Å². The van der Waals surface area contributed by atoms with E-state index in [1.165, 1.54) is 12.1 Å². The average molecular weight is 438 g/mol. The molecule has 31 heavy (non-hydrogen) atoms. The Balaban J connectivity index is 1.67. The third kappa shape index (κ3) is 5.89. The molecule has 7 nitrogen and oxygen atoms in total. The van der Waals surface area contributed by atoms with Crippen molar-refractivity contribution in [3.63, 3.8) is 0 Å². The Morgan fingerprint density at radius 1 is 1.16 bits per heavy atom. The quantitative estimate of drug-likeness (QED) is 0.427. The molecule has 0 unspecified atom stereocenters. The van der Waals surface area contributed by atoms with Gasteiger partial charge in [0.2, 0.25) is 0 Å². The Hall–Kier alpha value is -2.78. The van der Waals surface area contributed by atoms with Gasteiger partial charge in [-0.3, -0.25) is 0 Å². The molecule has 1 fully saturated rings. The Kier molecular flexibility index (Phi) is 7.40. The Bertz CT molecular complexity index is 883. The number of rotatable bonds is 6. The fourth-order valence-corrected chi connectivity index (χ4v) is 3.43. The monoisotopic (exact) mass is 437 g/mol. The van der Waals surface area contributed by atoms with Crippen LogP contribution in [0.5, 0.6) is 0 Å². The first-order valence-electron chi connectivity index (χ1n) is 10.6. The lowest BCUT2D eigenvalue weighted by atomic mass is 10.1. The van der Waals surface area contributed by atoms with E-state index in [1.807, 2.05) is 23.4 Å². The second-order valence-electron chi connectivity index (χ2n) is 7.66. The summed E-state index contributed by atoms with van der Waals surface area (Å²) in [5.41, 5.74) is -0.0173. The molecular weight excluding hydrogens is 407 g/mol. The molecule has 170 valence electrons. The van der Waals surface area contributed by atoms with E-state index in [0.29, 0.717) is 38.4 Å². The van der Waals surface area contributed by atoms with Gasteiger partial charge in [-0.1, -0.05) is 19.4 Å². The van der Waals surface area contributed by atoms with E-state index in [-0.39, 0.29) is 0 Å². The van der Waals surface area contributed by atoms with Crippen LogP contribution >= 0.6 is 0 Å². The summed E-state index contributed by atoms with van der Waals surface area (Å²) < 4.78 is 41.0. The van der Waals surface area contributed by atoms with Gasteiger partial charge < -0.3 is 19.7 Å². The highest BCUT2D eigenvalue weighted by molar-refractivity contribution is 5.80. The number of hydrogen-bond acceptors (Lipinski definition) is 4. The van der Waals surface area contributed by atoms with Crippen LogP contribution in [-0.4, -0.2) is 58.3 Å². The number of benzene rings is 1. The number of nitrogens with one attached hydrogen (secondary N) is 1. The molecule has 1 aliphatic rings. The lowest BCUT2D eigenvalue weighted by Gasteiger charge is -2.38. The van der Waals surface area contributed by atoms with Gasteiger partial charge in [-0.15, -0.1) is 10.2 Å². The number of alkyl halides is 3. The summed E-state index contributed by atoms with van der Waals surface area (Å²) in [6.45, 7) is 7.86. The van der Waals surface area contributed by atoms with Crippen molar-refractivity contribution in [3.05, 3.63) is 41.5 Å². The molecule has 0 amide bonds. The zero-order chi connectivity index (χ0) is 22.4.